The van der Waals surface area contributed by atoms with Crippen molar-refractivity contribution in [2.75, 3.05) is 18.1 Å². The molecule has 4 nitrogen and oxygen atoms in total. The Bertz CT molecular complexity index is 756. The van der Waals surface area contributed by atoms with Gasteiger partial charge < -0.3 is 9.64 Å². The number of ether oxygens (including phenoxy) is 1. The maximum absolute atomic E-state index is 12.4. The second-order valence-corrected chi connectivity index (χ2v) is 6.14. The van der Waals surface area contributed by atoms with Gasteiger partial charge in [-0.25, -0.2) is 4.79 Å². The van der Waals surface area contributed by atoms with E-state index in [1.165, 1.54) is 10.5 Å². The highest BCUT2D eigenvalue weighted by Gasteiger charge is 2.39. The predicted molar refractivity (Wildman–Crippen MR) is 92.9 cm³/mol. The van der Waals surface area contributed by atoms with Crippen molar-refractivity contribution in [1.82, 2.24) is 0 Å². The standard InChI is InChI=1S/C20H21NO3/c1-3-24-19(23)18(22)21-14-13-20(2,15-9-5-4-6-10-15)16-11-7-8-12-17(16)21/h4-12H,3,13-14H2,1-2H3/t20-/m0/s1. The van der Waals surface area contributed by atoms with Crippen LogP contribution in [0.1, 0.15) is 31.4 Å². The maximum atomic E-state index is 12.4. The zero-order chi connectivity index (χ0) is 17.2. The molecule has 0 fully saturated rings. The van der Waals surface area contributed by atoms with Gasteiger partial charge in [-0.1, -0.05) is 55.5 Å². The molecule has 1 heterocycles. The molecular weight excluding hydrogens is 302 g/mol. The lowest BCUT2D eigenvalue weighted by Gasteiger charge is -2.41. The average Bonchev–Trinajstić information content (AvgIpc) is 2.63. The number of esters is 1. The van der Waals surface area contributed by atoms with Crippen molar-refractivity contribution in [2.24, 2.45) is 0 Å². The van der Waals surface area contributed by atoms with E-state index >= 15 is 0 Å². The molecule has 0 N–H and O–H groups in total. The van der Waals surface area contributed by atoms with Gasteiger partial charge in [0.05, 0.1) is 6.61 Å². The number of carbonyl (C=O) groups is 2. The van der Waals surface area contributed by atoms with Crippen LogP contribution in [0.5, 0.6) is 0 Å². The van der Waals surface area contributed by atoms with Crippen LogP contribution >= 0.6 is 0 Å². The third kappa shape index (κ3) is 2.68. The molecule has 0 spiro atoms. The smallest absolute Gasteiger partial charge is 0.397 e. The van der Waals surface area contributed by atoms with E-state index in [0.717, 1.165) is 17.7 Å². The molecule has 0 radical (unpaired) electrons. The number of para-hydroxylation sites is 1. The monoisotopic (exact) mass is 323 g/mol. The first-order valence-corrected chi connectivity index (χ1v) is 8.21. The molecule has 1 aliphatic heterocycles. The largest absolute Gasteiger partial charge is 0.459 e. The van der Waals surface area contributed by atoms with Gasteiger partial charge >= 0.3 is 11.9 Å². The SMILES string of the molecule is CCOC(=O)C(=O)N1CC[C@@](C)(c2ccccc2)c2ccccc21. The van der Waals surface area contributed by atoms with Crippen molar-refractivity contribution in [3.05, 3.63) is 65.7 Å². The first-order chi connectivity index (χ1) is 11.6. The average molecular weight is 323 g/mol. The Hall–Kier alpha value is -2.62. The lowest BCUT2D eigenvalue weighted by Crippen LogP contribution is -2.45. The predicted octanol–water partition coefficient (Wildman–Crippen LogP) is 3.29. The normalized spacial score (nSPS) is 19.5. The number of amides is 1. The van der Waals surface area contributed by atoms with Crippen LogP contribution in [0.25, 0.3) is 0 Å². The van der Waals surface area contributed by atoms with Crippen LogP contribution in [0.2, 0.25) is 0 Å². The number of nitrogens with zero attached hydrogens (tertiary/aromatic N) is 1. The molecule has 124 valence electrons. The number of hydrogen-bond acceptors (Lipinski definition) is 3. The Labute approximate surface area is 142 Å². The summed E-state index contributed by atoms with van der Waals surface area (Å²) in [5, 5.41) is 0. The van der Waals surface area contributed by atoms with Crippen molar-refractivity contribution in [3.63, 3.8) is 0 Å². The molecule has 1 amide bonds. The fraction of sp³-hybridized carbons (Fsp3) is 0.300. The van der Waals surface area contributed by atoms with Gasteiger partial charge in [0.2, 0.25) is 0 Å². The minimum atomic E-state index is -0.796. The van der Waals surface area contributed by atoms with E-state index in [0.29, 0.717) is 6.54 Å². The van der Waals surface area contributed by atoms with Gasteiger partial charge in [-0.05, 0) is 30.5 Å². The van der Waals surface area contributed by atoms with Crippen LogP contribution in [0, 0.1) is 0 Å². The van der Waals surface area contributed by atoms with Crippen LogP contribution in [0.3, 0.4) is 0 Å². The van der Waals surface area contributed by atoms with E-state index in [2.05, 4.69) is 19.1 Å². The zero-order valence-electron chi connectivity index (χ0n) is 14.0. The molecule has 3 rings (SSSR count). The van der Waals surface area contributed by atoms with Crippen molar-refractivity contribution in [2.45, 2.75) is 25.7 Å². The summed E-state index contributed by atoms with van der Waals surface area (Å²) in [4.78, 5) is 25.9. The molecule has 2 aromatic carbocycles. The van der Waals surface area contributed by atoms with E-state index in [1.54, 1.807) is 6.92 Å². The Kier molecular flexibility index (Phi) is 4.38. The molecule has 1 atom stereocenters. The van der Waals surface area contributed by atoms with Crippen LogP contribution in [0.4, 0.5) is 5.69 Å². The quantitative estimate of drug-likeness (QED) is 0.629. The third-order valence-corrected chi connectivity index (χ3v) is 4.73. The minimum absolute atomic E-state index is 0.191. The molecular formula is C20H21NO3. The summed E-state index contributed by atoms with van der Waals surface area (Å²) in [6.45, 7) is 4.57. The van der Waals surface area contributed by atoms with Crippen LogP contribution in [-0.4, -0.2) is 25.0 Å². The van der Waals surface area contributed by atoms with Crippen LogP contribution in [0.15, 0.2) is 54.6 Å². The highest BCUT2D eigenvalue weighted by molar-refractivity contribution is 6.38. The van der Waals surface area contributed by atoms with E-state index in [4.69, 9.17) is 4.74 Å². The second kappa shape index (κ2) is 6.48. The van der Waals surface area contributed by atoms with Crippen molar-refractivity contribution in [3.8, 4) is 0 Å². The number of hydrogen-bond donors (Lipinski definition) is 0. The van der Waals surface area contributed by atoms with Crippen LogP contribution in [-0.2, 0) is 19.7 Å². The molecule has 0 bridgehead atoms. The lowest BCUT2D eigenvalue weighted by atomic mass is 9.71. The summed E-state index contributed by atoms with van der Waals surface area (Å²) in [6.07, 6.45) is 0.749. The molecule has 0 saturated carbocycles. The molecule has 24 heavy (non-hydrogen) atoms. The zero-order valence-corrected chi connectivity index (χ0v) is 14.0. The minimum Gasteiger partial charge on any atom is -0.459 e. The summed E-state index contributed by atoms with van der Waals surface area (Å²) < 4.78 is 4.88. The van der Waals surface area contributed by atoms with Gasteiger partial charge in [-0.15, -0.1) is 0 Å². The van der Waals surface area contributed by atoms with Crippen molar-refractivity contribution < 1.29 is 14.3 Å². The first kappa shape index (κ1) is 16.2. The third-order valence-electron chi connectivity index (χ3n) is 4.73. The Morgan fingerprint density at radius 1 is 1.08 bits per heavy atom. The highest BCUT2D eigenvalue weighted by atomic mass is 16.5. The molecule has 0 saturated heterocycles. The van der Waals surface area contributed by atoms with E-state index in [1.807, 2.05) is 42.5 Å². The number of anilines is 1. The Balaban J connectivity index is 2.03. The molecule has 2 aromatic rings. The Morgan fingerprint density at radius 2 is 1.75 bits per heavy atom. The summed E-state index contributed by atoms with van der Waals surface area (Å²) in [7, 11) is 0. The van der Waals surface area contributed by atoms with Gasteiger partial charge in [-0.3, -0.25) is 4.79 Å². The van der Waals surface area contributed by atoms with Crippen LogP contribution < -0.4 is 4.90 Å². The van der Waals surface area contributed by atoms with Gasteiger partial charge in [0.25, 0.3) is 0 Å². The summed E-state index contributed by atoms with van der Waals surface area (Å²) >= 11 is 0. The van der Waals surface area contributed by atoms with Crippen molar-refractivity contribution in [1.29, 1.82) is 0 Å². The first-order valence-electron chi connectivity index (χ1n) is 8.21. The summed E-state index contributed by atoms with van der Waals surface area (Å²) in [5.74, 6) is -1.39. The molecule has 0 unspecified atom stereocenters. The fourth-order valence-corrected chi connectivity index (χ4v) is 3.39. The summed E-state index contributed by atoms with van der Waals surface area (Å²) in [5.41, 5.74) is 2.86. The Morgan fingerprint density at radius 3 is 2.46 bits per heavy atom. The molecule has 4 heteroatoms. The van der Waals surface area contributed by atoms with Gasteiger partial charge in [0.15, 0.2) is 0 Å². The molecule has 0 aliphatic carbocycles. The van der Waals surface area contributed by atoms with E-state index in [9.17, 15) is 9.59 Å². The lowest BCUT2D eigenvalue weighted by molar-refractivity contribution is -0.153. The number of fused-ring (bicyclic) bond motifs is 1. The summed E-state index contributed by atoms with van der Waals surface area (Å²) in [6, 6.07) is 18.1. The topological polar surface area (TPSA) is 46.6 Å². The van der Waals surface area contributed by atoms with E-state index < -0.39 is 11.9 Å². The number of carbonyl (C=O) groups excluding carboxylic acids is 2. The number of benzene rings is 2. The van der Waals surface area contributed by atoms with Gasteiger partial charge in [0.1, 0.15) is 0 Å². The van der Waals surface area contributed by atoms with E-state index in [-0.39, 0.29) is 12.0 Å². The van der Waals surface area contributed by atoms with Gasteiger partial charge in [0, 0.05) is 17.6 Å². The maximum Gasteiger partial charge on any atom is 0.397 e. The van der Waals surface area contributed by atoms with Crippen molar-refractivity contribution >= 4 is 17.6 Å². The fourth-order valence-electron chi connectivity index (χ4n) is 3.39. The molecule has 0 aromatic heterocycles. The van der Waals surface area contributed by atoms with Gasteiger partial charge in [-0.2, -0.15) is 0 Å². The number of rotatable bonds is 2. The highest BCUT2D eigenvalue weighted by Crippen LogP contribution is 2.44. The second-order valence-electron chi connectivity index (χ2n) is 6.14. The molecule has 1 aliphatic rings.